The third kappa shape index (κ3) is 2.55. The van der Waals surface area contributed by atoms with Crippen LogP contribution in [0, 0.1) is 0 Å². The molecule has 3 aromatic heterocycles. The fraction of sp³-hybridized carbons (Fsp3) is 0.0625. The molecule has 6 nitrogen and oxygen atoms in total. The van der Waals surface area contributed by atoms with Crippen LogP contribution in [-0.4, -0.2) is 27.6 Å². The summed E-state index contributed by atoms with van der Waals surface area (Å²) < 4.78 is 7.13. The second-order valence-electron chi connectivity index (χ2n) is 4.88. The van der Waals surface area contributed by atoms with Gasteiger partial charge in [0.15, 0.2) is 0 Å². The molecule has 0 radical (unpaired) electrons. The van der Waals surface area contributed by atoms with Crippen LogP contribution in [0.4, 0.5) is 5.95 Å². The maximum absolute atomic E-state index is 12.1. The second kappa shape index (κ2) is 6.06. The Bertz CT molecular complexity index is 1000. The molecule has 0 aliphatic heterocycles. The number of thiophene rings is 1. The Balaban J connectivity index is 1.70. The predicted octanol–water partition coefficient (Wildman–Crippen LogP) is 3.78. The van der Waals surface area contributed by atoms with Crippen molar-refractivity contribution in [1.82, 2.24) is 14.6 Å². The molecule has 0 unspecified atom stereocenters. The summed E-state index contributed by atoms with van der Waals surface area (Å²) in [6.07, 6.45) is 0. The molecule has 4 rings (SSSR count). The Morgan fingerprint density at radius 3 is 2.88 bits per heavy atom. The Hall–Kier alpha value is -2.71. The van der Waals surface area contributed by atoms with Crippen molar-refractivity contribution in [2.75, 3.05) is 12.4 Å². The van der Waals surface area contributed by atoms with Crippen molar-refractivity contribution in [3.63, 3.8) is 0 Å². The molecule has 0 atom stereocenters. The smallest absolute Gasteiger partial charge is 0.268 e. The van der Waals surface area contributed by atoms with E-state index in [0.717, 1.165) is 17.0 Å². The van der Waals surface area contributed by atoms with E-state index in [1.165, 1.54) is 22.7 Å². The van der Waals surface area contributed by atoms with Crippen LogP contribution < -0.4 is 10.1 Å². The van der Waals surface area contributed by atoms with Crippen LogP contribution in [0.2, 0.25) is 0 Å². The van der Waals surface area contributed by atoms with Crippen molar-refractivity contribution in [3.05, 3.63) is 52.0 Å². The number of rotatable bonds is 4. The number of para-hydroxylation sites is 1. The highest BCUT2D eigenvalue weighted by atomic mass is 32.1. The van der Waals surface area contributed by atoms with E-state index in [1.54, 1.807) is 17.7 Å². The third-order valence-corrected chi connectivity index (χ3v) is 5.12. The van der Waals surface area contributed by atoms with Crippen LogP contribution in [-0.2, 0) is 0 Å². The Morgan fingerprint density at radius 1 is 1.21 bits per heavy atom. The van der Waals surface area contributed by atoms with E-state index < -0.39 is 0 Å². The Morgan fingerprint density at radius 2 is 2.08 bits per heavy atom. The normalized spacial score (nSPS) is 10.9. The van der Waals surface area contributed by atoms with Gasteiger partial charge in [-0.05, 0) is 23.6 Å². The summed E-state index contributed by atoms with van der Waals surface area (Å²) in [5.74, 6) is 0.843. The number of nitrogens with zero attached hydrogens (tertiary/aromatic N) is 3. The molecule has 3 heterocycles. The van der Waals surface area contributed by atoms with Crippen molar-refractivity contribution >= 4 is 39.5 Å². The highest BCUT2D eigenvalue weighted by Gasteiger charge is 2.16. The number of hydrogen-bond acceptors (Lipinski definition) is 6. The lowest BCUT2D eigenvalue weighted by atomic mass is 10.1. The number of carbonyl (C=O) groups is 1. The first-order valence-corrected chi connectivity index (χ1v) is 8.84. The van der Waals surface area contributed by atoms with Gasteiger partial charge in [-0.3, -0.25) is 10.1 Å². The van der Waals surface area contributed by atoms with Crippen molar-refractivity contribution in [2.45, 2.75) is 0 Å². The lowest BCUT2D eigenvalue weighted by molar-refractivity contribution is 0.102. The molecule has 0 saturated carbocycles. The first-order valence-electron chi connectivity index (χ1n) is 7.09. The quantitative estimate of drug-likeness (QED) is 0.604. The molecule has 1 aromatic carbocycles. The van der Waals surface area contributed by atoms with Crippen molar-refractivity contribution in [3.8, 4) is 17.0 Å². The number of ether oxygens (including phenoxy) is 1. The van der Waals surface area contributed by atoms with Crippen molar-refractivity contribution in [2.24, 2.45) is 0 Å². The van der Waals surface area contributed by atoms with Crippen LogP contribution in [0.1, 0.15) is 9.67 Å². The maximum atomic E-state index is 12.1. The molecule has 0 saturated heterocycles. The first-order chi connectivity index (χ1) is 11.8. The van der Waals surface area contributed by atoms with Crippen LogP contribution in [0.15, 0.2) is 47.2 Å². The number of methoxy groups -OCH3 is 1. The second-order valence-corrected chi connectivity index (χ2v) is 6.67. The highest BCUT2D eigenvalue weighted by Crippen LogP contribution is 2.32. The van der Waals surface area contributed by atoms with Gasteiger partial charge in [0.1, 0.15) is 5.75 Å². The van der Waals surface area contributed by atoms with E-state index >= 15 is 0 Å². The van der Waals surface area contributed by atoms with Gasteiger partial charge in [-0.2, -0.15) is 4.98 Å². The number of aromatic nitrogens is 3. The molecule has 0 aliphatic rings. The zero-order valence-electron chi connectivity index (χ0n) is 12.6. The fourth-order valence-electron chi connectivity index (χ4n) is 2.35. The van der Waals surface area contributed by atoms with E-state index in [2.05, 4.69) is 15.4 Å². The maximum Gasteiger partial charge on any atom is 0.268 e. The highest BCUT2D eigenvalue weighted by molar-refractivity contribution is 7.15. The number of carbonyl (C=O) groups excluding carboxylic acids is 1. The van der Waals surface area contributed by atoms with Gasteiger partial charge < -0.3 is 4.74 Å². The van der Waals surface area contributed by atoms with Crippen LogP contribution in [0.3, 0.4) is 0 Å². The van der Waals surface area contributed by atoms with Gasteiger partial charge in [0.05, 0.1) is 17.7 Å². The number of thiazole rings is 1. The zero-order valence-corrected chi connectivity index (χ0v) is 14.2. The molecule has 8 heteroatoms. The van der Waals surface area contributed by atoms with Crippen molar-refractivity contribution in [1.29, 1.82) is 0 Å². The summed E-state index contributed by atoms with van der Waals surface area (Å²) in [5.41, 5.74) is 1.80. The standard InChI is InChI=1S/C16H12N4O2S2/c1-22-12-6-3-2-5-10(12)11-9-24-16-18-15(19-20(11)16)17-14(21)13-7-4-8-23-13/h2-9H,1H3,(H,17,19,21). The first kappa shape index (κ1) is 14.9. The number of anilines is 1. The topological polar surface area (TPSA) is 68.5 Å². The average Bonchev–Trinajstić information content (AvgIpc) is 3.31. The van der Waals surface area contributed by atoms with Crippen LogP contribution >= 0.6 is 22.7 Å². The molecule has 120 valence electrons. The SMILES string of the molecule is COc1ccccc1-c1csc2nc(NC(=O)c3cccs3)nn12. The largest absolute Gasteiger partial charge is 0.496 e. The zero-order chi connectivity index (χ0) is 16.5. The predicted molar refractivity (Wildman–Crippen MR) is 95.1 cm³/mol. The molecule has 24 heavy (non-hydrogen) atoms. The summed E-state index contributed by atoms with van der Waals surface area (Å²) in [7, 11) is 1.64. The molecule has 0 bridgehead atoms. The van der Waals surface area contributed by atoms with Gasteiger partial charge in [0.25, 0.3) is 11.9 Å². The van der Waals surface area contributed by atoms with E-state index in [-0.39, 0.29) is 11.9 Å². The minimum absolute atomic E-state index is 0.206. The van der Waals surface area contributed by atoms with Gasteiger partial charge >= 0.3 is 0 Å². The van der Waals surface area contributed by atoms with Crippen molar-refractivity contribution < 1.29 is 9.53 Å². The van der Waals surface area contributed by atoms with Crippen LogP contribution in [0.25, 0.3) is 16.2 Å². The number of fused-ring (bicyclic) bond motifs is 1. The minimum Gasteiger partial charge on any atom is -0.496 e. The average molecular weight is 356 g/mol. The number of amides is 1. The number of benzene rings is 1. The number of nitrogens with one attached hydrogen (secondary N) is 1. The summed E-state index contributed by atoms with van der Waals surface area (Å²) >= 11 is 2.83. The lowest BCUT2D eigenvalue weighted by Gasteiger charge is -2.06. The summed E-state index contributed by atoms with van der Waals surface area (Å²) in [4.78, 5) is 17.8. The molecule has 1 amide bonds. The third-order valence-electron chi connectivity index (χ3n) is 3.43. The summed E-state index contributed by atoms with van der Waals surface area (Å²) in [6.45, 7) is 0. The van der Waals surface area contributed by atoms with Gasteiger partial charge in [0, 0.05) is 10.9 Å². The van der Waals surface area contributed by atoms with E-state index in [9.17, 15) is 4.79 Å². The fourth-order valence-corrected chi connectivity index (χ4v) is 3.79. The minimum atomic E-state index is -0.206. The Kier molecular flexibility index (Phi) is 3.75. The summed E-state index contributed by atoms with van der Waals surface area (Å²) in [6, 6.07) is 11.3. The van der Waals surface area contributed by atoms with Gasteiger partial charge in [-0.25, -0.2) is 4.52 Å². The molecule has 1 N–H and O–H groups in total. The molecule has 0 spiro atoms. The van der Waals surface area contributed by atoms with E-state index in [4.69, 9.17) is 4.74 Å². The van der Waals surface area contributed by atoms with Crippen LogP contribution in [0.5, 0.6) is 5.75 Å². The molecule has 0 fully saturated rings. The van der Waals surface area contributed by atoms with E-state index in [0.29, 0.717) is 9.84 Å². The molecular formula is C16H12N4O2S2. The van der Waals surface area contributed by atoms with E-state index in [1.807, 2.05) is 41.1 Å². The Labute approximate surface area is 145 Å². The lowest BCUT2D eigenvalue weighted by Crippen LogP contribution is -2.11. The van der Waals surface area contributed by atoms with Gasteiger partial charge in [-0.15, -0.1) is 27.8 Å². The molecule has 0 aliphatic carbocycles. The molecular weight excluding hydrogens is 344 g/mol. The summed E-state index contributed by atoms with van der Waals surface area (Å²) in [5, 5.41) is 11.0. The molecule has 4 aromatic rings. The monoisotopic (exact) mass is 356 g/mol. The van der Waals surface area contributed by atoms with Gasteiger partial charge in [-0.1, -0.05) is 18.2 Å². The van der Waals surface area contributed by atoms with Gasteiger partial charge in [0.2, 0.25) is 4.96 Å². The number of hydrogen-bond donors (Lipinski definition) is 1.